The molecule has 0 amide bonds. The standard InChI is InChI=1S/C50H30N4/c1-2-15-32(16-3-1)48-50(52-43-24-12-11-23-42(43)51-48)54-44-25-13-10-22-38(44)40-29-41-39-27-26-31-14-4-7-19-35(31)49(39)53(46(41)30-47(40)54)45-28-33-17-5-6-18-34(33)36-20-8-9-21-37(36)45/h1-30H. The maximum atomic E-state index is 5.41. The highest BCUT2D eigenvalue weighted by Gasteiger charge is 2.23. The Kier molecular flexibility index (Phi) is 6.02. The first-order valence-corrected chi connectivity index (χ1v) is 18.4. The lowest BCUT2D eigenvalue weighted by molar-refractivity contribution is 1.08. The highest BCUT2D eigenvalue weighted by atomic mass is 15.1. The Hall–Kier alpha value is -7.30. The summed E-state index contributed by atoms with van der Waals surface area (Å²) in [5.41, 5.74) is 9.32. The molecule has 12 aromatic rings. The van der Waals surface area contributed by atoms with Gasteiger partial charge >= 0.3 is 0 Å². The van der Waals surface area contributed by atoms with Crippen LogP contribution in [0.5, 0.6) is 0 Å². The molecule has 3 heterocycles. The summed E-state index contributed by atoms with van der Waals surface area (Å²) in [6, 6.07) is 65.4. The van der Waals surface area contributed by atoms with Gasteiger partial charge in [-0.3, -0.25) is 4.57 Å². The number of hydrogen-bond acceptors (Lipinski definition) is 2. The summed E-state index contributed by atoms with van der Waals surface area (Å²) in [6.07, 6.45) is 0. The van der Waals surface area contributed by atoms with Crippen molar-refractivity contribution in [2.24, 2.45) is 0 Å². The molecule has 0 unspecified atom stereocenters. The molecule has 3 aromatic heterocycles. The summed E-state index contributed by atoms with van der Waals surface area (Å²) in [6.45, 7) is 0. The quantitative estimate of drug-likeness (QED) is 0.173. The molecule has 0 fully saturated rings. The van der Waals surface area contributed by atoms with E-state index in [0.717, 1.165) is 50.3 Å². The second-order valence-electron chi connectivity index (χ2n) is 14.2. The SMILES string of the molecule is c1ccc(-c2nc3ccccc3nc2-n2c3ccccc3c3cc4c5ccc6ccccc6c5n(-c5cc6ccccc6c6ccccc56)c4cc32)cc1. The molecule has 0 N–H and O–H groups in total. The minimum atomic E-state index is 0.815. The Morgan fingerprint density at radius 2 is 0.944 bits per heavy atom. The van der Waals surface area contributed by atoms with E-state index in [1.807, 2.05) is 24.3 Å². The molecule has 0 aliphatic carbocycles. The number of benzene rings is 9. The van der Waals surface area contributed by atoms with Crippen LogP contribution in [0.25, 0.3) is 110 Å². The van der Waals surface area contributed by atoms with Gasteiger partial charge in [-0.2, -0.15) is 0 Å². The molecular weight excluding hydrogens is 657 g/mol. The predicted octanol–water partition coefficient (Wildman–Crippen LogP) is 13.0. The van der Waals surface area contributed by atoms with E-state index < -0.39 is 0 Å². The van der Waals surface area contributed by atoms with E-state index in [2.05, 4.69) is 167 Å². The van der Waals surface area contributed by atoms with Crippen LogP contribution in [0.2, 0.25) is 0 Å². The van der Waals surface area contributed by atoms with Gasteiger partial charge in [0.25, 0.3) is 0 Å². The van der Waals surface area contributed by atoms with Crippen molar-refractivity contribution < 1.29 is 0 Å². The van der Waals surface area contributed by atoms with Crippen LogP contribution in [0.3, 0.4) is 0 Å². The maximum absolute atomic E-state index is 5.41. The maximum Gasteiger partial charge on any atom is 0.165 e. The van der Waals surface area contributed by atoms with Gasteiger partial charge in [-0.15, -0.1) is 0 Å². The fraction of sp³-hybridized carbons (Fsp3) is 0. The number of para-hydroxylation sites is 3. The van der Waals surface area contributed by atoms with Crippen LogP contribution in [-0.2, 0) is 0 Å². The molecule has 0 aliphatic rings. The summed E-state index contributed by atoms with van der Waals surface area (Å²) in [5.74, 6) is 0.815. The zero-order valence-electron chi connectivity index (χ0n) is 29.1. The highest BCUT2D eigenvalue weighted by molar-refractivity contribution is 6.24. The summed E-state index contributed by atoms with van der Waals surface area (Å²) >= 11 is 0. The molecule has 0 bridgehead atoms. The van der Waals surface area contributed by atoms with Crippen molar-refractivity contribution in [3.63, 3.8) is 0 Å². The van der Waals surface area contributed by atoms with Crippen LogP contribution in [0.1, 0.15) is 0 Å². The summed E-state index contributed by atoms with van der Waals surface area (Å²) in [7, 11) is 0. The third-order valence-corrected chi connectivity index (χ3v) is 11.2. The van der Waals surface area contributed by atoms with Gasteiger partial charge < -0.3 is 4.57 Å². The van der Waals surface area contributed by atoms with Crippen LogP contribution in [-0.4, -0.2) is 19.1 Å². The zero-order chi connectivity index (χ0) is 35.3. The lowest BCUT2D eigenvalue weighted by Crippen LogP contribution is -2.04. The molecule has 0 aliphatic heterocycles. The fourth-order valence-electron chi connectivity index (χ4n) is 8.87. The fourth-order valence-corrected chi connectivity index (χ4v) is 8.87. The van der Waals surface area contributed by atoms with Crippen molar-refractivity contribution in [3.8, 4) is 22.8 Å². The molecule has 0 saturated carbocycles. The lowest BCUT2D eigenvalue weighted by Gasteiger charge is -2.16. The smallest absolute Gasteiger partial charge is 0.165 e. The Morgan fingerprint density at radius 3 is 1.78 bits per heavy atom. The Balaban J connectivity index is 1.29. The topological polar surface area (TPSA) is 35.6 Å². The van der Waals surface area contributed by atoms with E-state index in [-0.39, 0.29) is 0 Å². The lowest BCUT2D eigenvalue weighted by atomic mass is 10.00. The van der Waals surface area contributed by atoms with Gasteiger partial charge in [0.05, 0.1) is 38.8 Å². The van der Waals surface area contributed by atoms with E-state index in [4.69, 9.17) is 9.97 Å². The largest absolute Gasteiger partial charge is 0.308 e. The second-order valence-corrected chi connectivity index (χ2v) is 14.2. The normalized spacial score (nSPS) is 12.1. The molecule has 250 valence electrons. The molecule has 0 radical (unpaired) electrons. The number of rotatable bonds is 3. The van der Waals surface area contributed by atoms with E-state index in [1.54, 1.807) is 0 Å². The van der Waals surface area contributed by atoms with Crippen molar-refractivity contribution in [3.05, 3.63) is 182 Å². The van der Waals surface area contributed by atoms with Gasteiger partial charge in [0, 0.05) is 37.9 Å². The molecule has 0 spiro atoms. The third kappa shape index (κ3) is 4.08. The van der Waals surface area contributed by atoms with Gasteiger partial charge in [0.15, 0.2) is 5.82 Å². The second kappa shape index (κ2) is 11.1. The number of aromatic nitrogens is 4. The Morgan fingerprint density at radius 1 is 0.333 bits per heavy atom. The van der Waals surface area contributed by atoms with E-state index >= 15 is 0 Å². The van der Waals surface area contributed by atoms with Crippen LogP contribution >= 0.6 is 0 Å². The molecule has 9 aromatic carbocycles. The minimum Gasteiger partial charge on any atom is -0.308 e. The molecule has 0 saturated heterocycles. The molecular formula is C50H30N4. The number of hydrogen-bond donors (Lipinski definition) is 0. The first kappa shape index (κ1) is 29.3. The first-order chi connectivity index (χ1) is 26.8. The highest BCUT2D eigenvalue weighted by Crippen LogP contribution is 2.44. The van der Waals surface area contributed by atoms with Crippen LogP contribution in [0.4, 0.5) is 0 Å². The van der Waals surface area contributed by atoms with Crippen molar-refractivity contribution in [2.45, 2.75) is 0 Å². The number of nitrogens with zero attached hydrogens (tertiary/aromatic N) is 4. The van der Waals surface area contributed by atoms with Gasteiger partial charge in [0.2, 0.25) is 0 Å². The van der Waals surface area contributed by atoms with Crippen molar-refractivity contribution in [1.82, 2.24) is 19.1 Å². The van der Waals surface area contributed by atoms with Gasteiger partial charge in [-0.25, -0.2) is 9.97 Å². The molecule has 0 atom stereocenters. The zero-order valence-corrected chi connectivity index (χ0v) is 29.1. The van der Waals surface area contributed by atoms with E-state index in [1.165, 1.54) is 59.4 Å². The van der Waals surface area contributed by atoms with Crippen LogP contribution < -0.4 is 0 Å². The molecule has 54 heavy (non-hydrogen) atoms. The summed E-state index contributed by atoms with van der Waals surface area (Å²) in [4.78, 5) is 10.7. The number of fused-ring (bicyclic) bond motifs is 12. The molecule has 4 heteroatoms. The predicted molar refractivity (Wildman–Crippen MR) is 226 cm³/mol. The molecule has 4 nitrogen and oxygen atoms in total. The van der Waals surface area contributed by atoms with E-state index in [9.17, 15) is 0 Å². The minimum absolute atomic E-state index is 0.815. The van der Waals surface area contributed by atoms with Crippen molar-refractivity contribution >= 4 is 87.0 Å². The van der Waals surface area contributed by atoms with Crippen molar-refractivity contribution in [1.29, 1.82) is 0 Å². The monoisotopic (exact) mass is 686 g/mol. The van der Waals surface area contributed by atoms with Crippen molar-refractivity contribution in [2.75, 3.05) is 0 Å². The Bertz CT molecular complexity index is 3500. The molecule has 12 rings (SSSR count). The first-order valence-electron chi connectivity index (χ1n) is 18.4. The van der Waals surface area contributed by atoms with E-state index in [0.29, 0.717) is 0 Å². The Labute approximate surface area is 309 Å². The summed E-state index contributed by atoms with van der Waals surface area (Å²) < 4.78 is 4.86. The average Bonchev–Trinajstić information content (AvgIpc) is 3.74. The van der Waals surface area contributed by atoms with Crippen LogP contribution in [0, 0.1) is 0 Å². The summed E-state index contributed by atoms with van der Waals surface area (Å²) in [5, 5.41) is 12.2. The average molecular weight is 687 g/mol. The van der Waals surface area contributed by atoms with Gasteiger partial charge in [-0.05, 0) is 57.9 Å². The van der Waals surface area contributed by atoms with Gasteiger partial charge in [-0.1, -0.05) is 146 Å². The van der Waals surface area contributed by atoms with Crippen LogP contribution in [0.15, 0.2) is 182 Å². The third-order valence-electron chi connectivity index (χ3n) is 11.2. The van der Waals surface area contributed by atoms with Gasteiger partial charge in [0.1, 0.15) is 5.69 Å².